The van der Waals surface area contributed by atoms with Crippen molar-refractivity contribution in [2.45, 2.75) is 44.8 Å². The van der Waals surface area contributed by atoms with E-state index in [1.165, 1.54) is 0 Å². The van der Waals surface area contributed by atoms with Crippen LogP contribution in [0.2, 0.25) is 0 Å². The minimum atomic E-state index is -1.29. The molecule has 0 amide bonds. The lowest BCUT2D eigenvalue weighted by Gasteiger charge is -2.42. The molecule has 0 bridgehead atoms. The fourth-order valence-corrected chi connectivity index (χ4v) is 3.59. The molecule has 0 aromatic rings. The zero-order chi connectivity index (χ0) is 17.2. The third-order valence-corrected chi connectivity index (χ3v) is 5.01. The zero-order valence-electron chi connectivity index (χ0n) is 14.2. The van der Waals surface area contributed by atoms with Crippen molar-refractivity contribution in [1.29, 1.82) is 0 Å². The summed E-state index contributed by atoms with van der Waals surface area (Å²) in [6.07, 6.45) is 7.07. The molecule has 4 atom stereocenters. The van der Waals surface area contributed by atoms with Crippen LogP contribution in [-0.4, -0.2) is 40.7 Å². The molecule has 0 fully saturated rings. The molecule has 23 heavy (non-hydrogen) atoms. The van der Waals surface area contributed by atoms with Crippen molar-refractivity contribution in [3.8, 4) is 0 Å². The van der Waals surface area contributed by atoms with Gasteiger partial charge in [-0.05, 0) is 67.9 Å². The first-order chi connectivity index (χ1) is 10.8. The van der Waals surface area contributed by atoms with Crippen LogP contribution in [0.15, 0.2) is 47.3 Å². The number of hydrogen-bond acceptors (Lipinski definition) is 4. The lowest BCUT2D eigenvalue weighted by molar-refractivity contribution is 0.0281. The summed E-state index contributed by atoms with van der Waals surface area (Å²) >= 11 is 0. The van der Waals surface area contributed by atoms with Crippen LogP contribution in [-0.2, 0) is 4.74 Å². The van der Waals surface area contributed by atoms with Crippen LogP contribution in [0.25, 0.3) is 0 Å². The summed E-state index contributed by atoms with van der Waals surface area (Å²) in [5.41, 5.74) is 1.07. The Kier molecular flexibility index (Phi) is 5.50. The van der Waals surface area contributed by atoms with E-state index in [1.807, 2.05) is 13.0 Å². The van der Waals surface area contributed by atoms with Gasteiger partial charge in [-0.3, -0.25) is 0 Å². The molecule has 0 aliphatic heterocycles. The van der Waals surface area contributed by atoms with Crippen molar-refractivity contribution in [3.63, 3.8) is 0 Å². The minimum absolute atomic E-state index is 0.0309. The molecule has 128 valence electrons. The van der Waals surface area contributed by atoms with Crippen LogP contribution in [0.3, 0.4) is 0 Å². The molecule has 2 aliphatic rings. The van der Waals surface area contributed by atoms with Crippen LogP contribution < -0.4 is 0 Å². The van der Waals surface area contributed by atoms with Crippen molar-refractivity contribution in [2.75, 3.05) is 13.7 Å². The van der Waals surface area contributed by atoms with Crippen molar-refractivity contribution in [3.05, 3.63) is 47.3 Å². The van der Waals surface area contributed by atoms with E-state index in [2.05, 4.69) is 6.58 Å². The number of aliphatic hydroxyl groups is 3. The van der Waals surface area contributed by atoms with Gasteiger partial charge in [-0.1, -0.05) is 12.7 Å². The Morgan fingerprint density at radius 2 is 2.13 bits per heavy atom. The molecule has 4 heteroatoms. The fourth-order valence-electron chi connectivity index (χ4n) is 3.59. The van der Waals surface area contributed by atoms with E-state index in [-0.39, 0.29) is 11.7 Å². The van der Waals surface area contributed by atoms with Crippen molar-refractivity contribution in [2.24, 2.45) is 11.8 Å². The largest absolute Gasteiger partial charge is 0.512 e. The summed E-state index contributed by atoms with van der Waals surface area (Å²) in [5, 5.41) is 31.7. The highest BCUT2D eigenvalue weighted by molar-refractivity contribution is 5.41. The maximum Gasteiger partial charge on any atom is 0.114 e. The van der Waals surface area contributed by atoms with Gasteiger partial charge in [0.25, 0.3) is 0 Å². The summed E-state index contributed by atoms with van der Waals surface area (Å²) in [5.74, 6) is -0.320. The number of aliphatic hydroxyl groups excluding tert-OH is 2. The lowest BCUT2D eigenvalue weighted by Crippen LogP contribution is -2.45. The normalized spacial score (nSPS) is 34.5. The van der Waals surface area contributed by atoms with Crippen LogP contribution >= 0.6 is 0 Å². The Balaban J connectivity index is 2.37. The van der Waals surface area contributed by atoms with E-state index >= 15 is 0 Å². The molecule has 0 heterocycles. The van der Waals surface area contributed by atoms with E-state index < -0.39 is 17.6 Å². The quantitative estimate of drug-likeness (QED) is 0.681. The zero-order valence-corrected chi connectivity index (χ0v) is 14.2. The maximum absolute atomic E-state index is 11.2. The van der Waals surface area contributed by atoms with E-state index in [9.17, 15) is 15.3 Å². The second-order valence-electron chi connectivity index (χ2n) is 6.78. The molecule has 3 unspecified atom stereocenters. The van der Waals surface area contributed by atoms with Crippen molar-refractivity contribution in [1.82, 2.24) is 0 Å². The Morgan fingerprint density at radius 1 is 1.43 bits per heavy atom. The molecular weight excluding hydrogens is 292 g/mol. The topological polar surface area (TPSA) is 69.9 Å². The van der Waals surface area contributed by atoms with Gasteiger partial charge in [0.2, 0.25) is 0 Å². The Bertz CT molecular complexity index is 558. The predicted molar refractivity (Wildman–Crippen MR) is 91.0 cm³/mol. The van der Waals surface area contributed by atoms with Gasteiger partial charge >= 0.3 is 0 Å². The van der Waals surface area contributed by atoms with Gasteiger partial charge in [-0.25, -0.2) is 0 Å². The highest BCUT2D eigenvalue weighted by atomic mass is 16.5. The van der Waals surface area contributed by atoms with Gasteiger partial charge in [-0.15, -0.1) is 0 Å². The molecule has 4 nitrogen and oxygen atoms in total. The summed E-state index contributed by atoms with van der Waals surface area (Å²) in [6.45, 7) is 8.14. The standard InChI is InChI=1S/C19H28O4/c1-12(2)19(22)11-14(7-8-23-4)10-17(21)18(19)15-5-6-16(20)13(3)9-15/h9-11,15-16,18,20-22H,1,5-8H2,2-4H3/t15?,16?,18-,19?/m0/s1. The Morgan fingerprint density at radius 3 is 2.70 bits per heavy atom. The monoisotopic (exact) mass is 320 g/mol. The van der Waals surface area contributed by atoms with E-state index in [0.29, 0.717) is 25.0 Å². The summed E-state index contributed by atoms with van der Waals surface area (Å²) in [4.78, 5) is 0. The average Bonchev–Trinajstić information content (AvgIpc) is 2.48. The SMILES string of the molecule is C=C(C)C1(O)C=C(CCOC)C=C(O)[C@@H]1C1C=C(C)C(O)CC1. The Hall–Kier alpha value is -1.36. The van der Waals surface area contributed by atoms with Crippen molar-refractivity contribution < 1.29 is 20.1 Å². The molecular formula is C19H28O4. The predicted octanol–water partition coefficient (Wildman–Crippen LogP) is 3.05. The first-order valence-corrected chi connectivity index (χ1v) is 8.15. The third-order valence-electron chi connectivity index (χ3n) is 5.01. The third kappa shape index (κ3) is 3.60. The fraction of sp³-hybridized carbons (Fsp3) is 0.579. The molecule has 0 aromatic carbocycles. The van der Waals surface area contributed by atoms with Gasteiger partial charge in [0, 0.05) is 7.11 Å². The molecule has 2 aliphatic carbocycles. The van der Waals surface area contributed by atoms with Gasteiger partial charge in [0.1, 0.15) is 5.60 Å². The molecule has 0 spiro atoms. The van der Waals surface area contributed by atoms with Gasteiger partial charge < -0.3 is 20.1 Å². The van der Waals surface area contributed by atoms with Crippen LogP contribution in [0, 0.1) is 11.8 Å². The summed E-state index contributed by atoms with van der Waals surface area (Å²) in [6, 6.07) is 0. The first-order valence-electron chi connectivity index (χ1n) is 8.15. The number of methoxy groups -OCH3 is 1. The maximum atomic E-state index is 11.2. The number of hydrogen-bond donors (Lipinski definition) is 3. The van der Waals surface area contributed by atoms with Gasteiger partial charge in [0.05, 0.1) is 24.4 Å². The highest BCUT2D eigenvalue weighted by Crippen LogP contribution is 2.45. The second-order valence-corrected chi connectivity index (χ2v) is 6.78. The number of rotatable bonds is 5. The van der Waals surface area contributed by atoms with Crippen LogP contribution in [0.1, 0.15) is 33.1 Å². The van der Waals surface area contributed by atoms with E-state index in [0.717, 1.165) is 17.6 Å². The highest BCUT2D eigenvalue weighted by Gasteiger charge is 2.45. The molecule has 0 saturated heterocycles. The molecule has 0 radical (unpaired) electrons. The second kappa shape index (κ2) is 7.04. The molecule has 0 saturated carbocycles. The van der Waals surface area contributed by atoms with Crippen LogP contribution in [0.4, 0.5) is 0 Å². The molecule has 3 N–H and O–H groups in total. The summed E-state index contributed by atoms with van der Waals surface area (Å²) in [7, 11) is 1.63. The minimum Gasteiger partial charge on any atom is -0.512 e. The number of allylic oxidation sites excluding steroid dienone is 2. The average molecular weight is 320 g/mol. The summed E-state index contributed by atoms with van der Waals surface area (Å²) < 4.78 is 5.08. The molecule has 2 rings (SSSR count). The smallest absolute Gasteiger partial charge is 0.114 e. The van der Waals surface area contributed by atoms with Gasteiger partial charge in [0.15, 0.2) is 0 Å². The first kappa shape index (κ1) is 18.0. The molecule has 0 aromatic heterocycles. The number of ether oxygens (including phenoxy) is 1. The lowest BCUT2D eigenvalue weighted by atomic mass is 9.67. The Labute approximate surface area is 138 Å². The van der Waals surface area contributed by atoms with Crippen molar-refractivity contribution >= 4 is 0 Å². The van der Waals surface area contributed by atoms with Crippen LogP contribution in [0.5, 0.6) is 0 Å². The van der Waals surface area contributed by atoms with E-state index in [1.54, 1.807) is 26.2 Å². The van der Waals surface area contributed by atoms with Gasteiger partial charge in [-0.2, -0.15) is 0 Å². The van der Waals surface area contributed by atoms with E-state index in [4.69, 9.17) is 4.74 Å².